The number of nitrogens with zero attached hydrogens (tertiary/aromatic N) is 1. The van der Waals surface area contributed by atoms with Gasteiger partial charge < -0.3 is 15.3 Å². The van der Waals surface area contributed by atoms with Gasteiger partial charge in [0.05, 0.1) is 5.92 Å². The minimum absolute atomic E-state index is 0.114. The molecule has 20 heavy (non-hydrogen) atoms. The van der Waals surface area contributed by atoms with Crippen LogP contribution in [0.1, 0.15) is 29.8 Å². The smallest absolute Gasteiger partial charge is 0.308 e. The second-order valence-corrected chi connectivity index (χ2v) is 5.13. The van der Waals surface area contributed by atoms with Crippen molar-refractivity contribution in [1.82, 2.24) is 4.90 Å². The van der Waals surface area contributed by atoms with E-state index in [1.54, 1.807) is 11.8 Å². The third-order valence-electron chi connectivity index (χ3n) is 3.65. The van der Waals surface area contributed by atoms with Gasteiger partial charge in [0.25, 0.3) is 5.91 Å². The molecule has 1 heterocycles. The maximum atomic E-state index is 12.4. The van der Waals surface area contributed by atoms with Crippen LogP contribution in [0.15, 0.2) is 18.2 Å². The molecule has 108 valence electrons. The molecule has 0 aromatic heterocycles. The molecule has 0 radical (unpaired) electrons. The molecule has 1 amide bonds. The highest BCUT2D eigenvalue weighted by molar-refractivity contribution is 5.95. The fourth-order valence-corrected chi connectivity index (χ4v) is 2.37. The SMILES string of the molecule is CCN(CC(C)C(=O)O)C(=O)c1ccc2c(c1)NCC2. The van der Waals surface area contributed by atoms with Crippen molar-refractivity contribution in [3.05, 3.63) is 29.3 Å². The molecule has 2 N–H and O–H groups in total. The van der Waals surface area contributed by atoms with Gasteiger partial charge in [0.15, 0.2) is 0 Å². The van der Waals surface area contributed by atoms with E-state index in [9.17, 15) is 9.59 Å². The summed E-state index contributed by atoms with van der Waals surface area (Å²) in [6, 6.07) is 5.65. The van der Waals surface area contributed by atoms with E-state index >= 15 is 0 Å². The molecule has 0 saturated heterocycles. The van der Waals surface area contributed by atoms with Gasteiger partial charge in [-0.3, -0.25) is 9.59 Å². The van der Waals surface area contributed by atoms with Crippen LogP contribution in [0.2, 0.25) is 0 Å². The summed E-state index contributed by atoms with van der Waals surface area (Å²) < 4.78 is 0. The molecule has 0 bridgehead atoms. The molecule has 2 rings (SSSR count). The van der Waals surface area contributed by atoms with E-state index < -0.39 is 11.9 Å². The van der Waals surface area contributed by atoms with Crippen molar-refractivity contribution in [2.75, 3.05) is 25.0 Å². The standard InChI is InChI=1S/C15H20N2O3/c1-3-17(9-10(2)15(19)20)14(18)12-5-4-11-6-7-16-13(11)8-12/h4-5,8,10,16H,3,6-7,9H2,1-2H3,(H,19,20). The normalized spacial score (nSPS) is 14.3. The van der Waals surface area contributed by atoms with Crippen LogP contribution in [0.3, 0.4) is 0 Å². The molecule has 5 heteroatoms. The lowest BCUT2D eigenvalue weighted by atomic mass is 10.1. The largest absolute Gasteiger partial charge is 0.481 e. The number of benzene rings is 1. The molecule has 5 nitrogen and oxygen atoms in total. The maximum absolute atomic E-state index is 12.4. The summed E-state index contributed by atoms with van der Waals surface area (Å²) in [5.74, 6) is -1.56. The van der Waals surface area contributed by atoms with Gasteiger partial charge in [0, 0.05) is 30.9 Å². The van der Waals surface area contributed by atoms with Crippen LogP contribution in [0.25, 0.3) is 0 Å². The minimum Gasteiger partial charge on any atom is -0.481 e. The van der Waals surface area contributed by atoms with Crippen molar-refractivity contribution in [3.8, 4) is 0 Å². The first-order chi connectivity index (χ1) is 9.52. The van der Waals surface area contributed by atoms with E-state index in [0.717, 1.165) is 18.7 Å². The van der Waals surface area contributed by atoms with Crippen molar-refractivity contribution < 1.29 is 14.7 Å². The van der Waals surface area contributed by atoms with Crippen molar-refractivity contribution in [1.29, 1.82) is 0 Å². The first-order valence-corrected chi connectivity index (χ1v) is 6.91. The predicted molar refractivity (Wildman–Crippen MR) is 77.0 cm³/mol. The van der Waals surface area contributed by atoms with E-state index in [-0.39, 0.29) is 12.5 Å². The molecule has 1 unspecified atom stereocenters. The lowest BCUT2D eigenvalue weighted by Crippen LogP contribution is -2.36. The number of hydrogen-bond acceptors (Lipinski definition) is 3. The summed E-state index contributed by atoms with van der Waals surface area (Å²) in [6.45, 7) is 5.11. The Morgan fingerprint density at radius 3 is 2.85 bits per heavy atom. The number of hydrogen-bond donors (Lipinski definition) is 2. The zero-order valence-electron chi connectivity index (χ0n) is 11.8. The fraction of sp³-hybridized carbons (Fsp3) is 0.467. The van der Waals surface area contributed by atoms with Crippen molar-refractivity contribution in [2.24, 2.45) is 5.92 Å². The van der Waals surface area contributed by atoms with Gasteiger partial charge in [-0.1, -0.05) is 13.0 Å². The Morgan fingerprint density at radius 2 is 2.20 bits per heavy atom. The quantitative estimate of drug-likeness (QED) is 0.861. The minimum atomic E-state index is -0.883. The number of fused-ring (bicyclic) bond motifs is 1. The van der Waals surface area contributed by atoms with Crippen LogP contribution in [-0.2, 0) is 11.2 Å². The summed E-state index contributed by atoms with van der Waals surface area (Å²) >= 11 is 0. The van der Waals surface area contributed by atoms with E-state index in [4.69, 9.17) is 5.11 Å². The molecular weight excluding hydrogens is 256 g/mol. The molecule has 0 fully saturated rings. The average molecular weight is 276 g/mol. The maximum Gasteiger partial charge on any atom is 0.308 e. The summed E-state index contributed by atoms with van der Waals surface area (Å²) in [6.07, 6.45) is 0.983. The summed E-state index contributed by atoms with van der Waals surface area (Å²) in [5.41, 5.74) is 2.85. The number of amides is 1. The summed E-state index contributed by atoms with van der Waals surface area (Å²) in [4.78, 5) is 24.9. The van der Waals surface area contributed by atoms with Crippen LogP contribution in [0.5, 0.6) is 0 Å². The first kappa shape index (κ1) is 14.4. The van der Waals surface area contributed by atoms with Gasteiger partial charge in [-0.15, -0.1) is 0 Å². The molecule has 1 aliphatic heterocycles. The average Bonchev–Trinajstić information content (AvgIpc) is 2.90. The Hall–Kier alpha value is -2.04. The number of carboxylic acid groups (broad SMARTS) is 1. The van der Waals surface area contributed by atoms with Crippen molar-refractivity contribution >= 4 is 17.6 Å². The van der Waals surface area contributed by atoms with Gasteiger partial charge in [-0.2, -0.15) is 0 Å². The number of carbonyl (C=O) groups is 2. The Kier molecular flexibility index (Phi) is 4.27. The Balaban J connectivity index is 2.14. The highest BCUT2D eigenvalue weighted by Gasteiger charge is 2.21. The van der Waals surface area contributed by atoms with Gasteiger partial charge >= 0.3 is 5.97 Å². The lowest BCUT2D eigenvalue weighted by Gasteiger charge is -2.23. The highest BCUT2D eigenvalue weighted by Crippen LogP contribution is 2.24. The molecule has 1 atom stereocenters. The third-order valence-corrected chi connectivity index (χ3v) is 3.65. The van der Waals surface area contributed by atoms with Crippen LogP contribution in [-0.4, -0.2) is 41.5 Å². The highest BCUT2D eigenvalue weighted by atomic mass is 16.4. The van der Waals surface area contributed by atoms with Gasteiger partial charge in [0.1, 0.15) is 0 Å². The number of carbonyl (C=O) groups excluding carboxylic acids is 1. The lowest BCUT2D eigenvalue weighted by molar-refractivity contribution is -0.141. The van der Waals surface area contributed by atoms with E-state index in [1.165, 1.54) is 5.56 Å². The zero-order valence-corrected chi connectivity index (χ0v) is 11.8. The molecule has 1 aromatic carbocycles. The molecule has 1 aromatic rings. The summed E-state index contributed by atoms with van der Waals surface area (Å²) in [5, 5.41) is 12.2. The summed E-state index contributed by atoms with van der Waals surface area (Å²) in [7, 11) is 0. The Morgan fingerprint density at radius 1 is 1.45 bits per heavy atom. The van der Waals surface area contributed by atoms with Crippen molar-refractivity contribution in [2.45, 2.75) is 20.3 Å². The van der Waals surface area contributed by atoms with E-state index in [0.29, 0.717) is 12.1 Å². The van der Waals surface area contributed by atoms with Crippen LogP contribution in [0, 0.1) is 5.92 Å². The van der Waals surface area contributed by atoms with Crippen LogP contribution in [0.4, 0.5) is 5.69 Å². The first-order valence-electron chi connectivity index (χ1n) is 6.91. The monoisotopic (exact) mass is 276 g/mol. The molecule has 1 aliphatic rings. The van der Waals surface area contributed by atoms with Gasteiger partial charge in [0.2, 0.25) is 0 Å². The Labute approximate surface area is 118 Å². The number of anilines is 1. The van der Waals surface area contributed by atoms with Gasteiger partial charge in [-0.05, 0) is 31.0 Å². The van der Waals surface area contributed by atoms with Crippen LogP contribution >= 0.6 is 0 Å². The topological polar surface area (TPSA) is 69.6 Å². The number of aliphatic carboxylic acids is 1. The van der Waals surface area contributed by atoms with E-state index in [1.807, 2.05) is 25.1 Å². The second kappa shape index (κ2) is 5.94. The molecule has 0 spiro atoms. The number of rotatable bonds is 5. The van der Waals surface area contributed by atoms with Gasteiger partial charge in [-0.25, -0.2) is 0 Å². The molecule has 0 saturated carbocycles. The van der Waals surface area contributed by atoms with E-state index in [2.05, 4.69) is 5.32 Å². The fourth-order valence-electron chi connectivity index (χ4n) is 2.37. The van der Waals surface area contributed by atoms with Crippen LogP contribution < -0.4 is 5.32 Å². The van der Waals surface area contributed by atoms with Crippen molar-refractivity contribution in [3.63, 3.8) is 0 Å². The zero-order chi connectivity index (χ0) is 14.7. The Bertz CT molecular complexity index is 528. The third kappa shape index (κ3) is 2.92. The number of carboxylic acids is 1. The predicted octanol–water partition coefficient (Wildman–Crippen LogP) is 1.84. The molecule has 0 aliphatic carbocycles. The molecular formula is C15H20N2O3. The number of nitrogens with one attached hydrogen (secondary N) is 1. The second-order valence-electron chi connectivity index (χ2n) is 5.13.